The van der Waals surface area contributed by atoms with Crippen LogP contribution in [0.2, 0.25) is 0 Å². The van der Waals surface area contributed by atoms with Crippen LogP contribution >= 0.6 is 0 Å². The average Bonchev–Trinajstić information content (AvgIpc) is 2.43. The van der Waals surface area contributed by atoms with Crippen molar-refractivity contribution in [3.05, 3.63) is 35.9 Å². The van der Waals surface area contributed by atoms with E-state index in [9.17, 15) is 4.79 Å². The standard InChI is InChI=1S/C15H20O4/c1-4-19-15(16)8-6-5-7-12-9-10-13(17-2)14(11-12)18-3/h6,8-11H,4-5,7H2,1-3H3. The molecular formula is C15H20O4. The molecule has 0 bridgehead atoms. The maximum atomic E-state index is 11.1. The highest BCUT2D eigenvalue weighted by atomic mass is 16.5. The average molecular weight is 264 g/mol. The zero-order valence-corrected chi connectivity index (χ0v) is 11.6. The van der Waals surface area contributed by atoms with Crippen molar-refractivity contribution >= 4 is 5.97 Å². The van der Waals surface area contributed by atoms with Gasteiger partial charge in [0.15, 0.2) is 11.5 Å². The van der Waals surface area contributed by atoms with Crippen molar-refractivity contribution in [2.75, 3.05) is 20.8 Å². The van der Waals surface area contributed by atoms with E-state index in [2.05, 4.69) is 0 Å². The van der Waals surface area contributed by atoms with E-state index in [-0.39, 0.29) is 5.97 Å². The highest BCUT2D eigenvalue weighted by Crippen LogP contribution is 2.27. The first kappa shape index (κ1) is 15.1. The van der Waals surface area contributed by atoms with Crippen molar-refractivity contribution in [1.82, 2.24) is 0 Å². The van der Waals surface area contributed by atoms with Crippen LogP contribution in [0.4, 0.5) is 0 Å². The molecule has 0 heterocycles. The molecule has 0 saturated carbocycles. The first-order valence-corrected chi connectivity index (χ1v) is 6.25. The van der Waals surface area contributed by atoms with Gasteiger partial charge in [-0.3, -0.25) is 0 Å². The van der Waals surface area contributed by atoms with Gasteiger partial charge < -0.3 is 14.2 Å². The molecule has 0 saturated heterocycles. The van der Waals surface area contributed by atoms with E-state index in [0.29, 0.717) is 12.4 Å². The van der Waals surface area contributed by atoms with Crippen molar-refractivity contribution in [3.63, 3.8) is 0 Å². The summed E-state index contributed by atoms with van der Waals surface area (Å²) in [6.07, 6.45) is 4.88. The van der Waals surface area contributed by atoms with Crippen LogP contribution in [-0.4, -0.2) is 26.8 Å². The highest BCUT2D eigenvalue weighted by molar-refractivity contribution is 5.81. The molecular weight excluding hydrogens is 244 g/mol. The number of hydrogen-bond donors (Lipinski definition) is 0. The Bertz CT molecular complexity index is 438. The molecule has 0 fully saturated rings. The van der Waals surface area contributed by atoms with Crippen LogP contribution in [0.25, 0.3) is 0 Å². The number of aryl methyl sites for hydroxylation is 1. The first-order valence-electron chi connectivity index (χ1n) is 6.25. The van der Waals surface area contributed by atoms with Gasteiger partial charge in [-0.2, -0.15) is 0 Å². The fourth-order valence-corrected chi connectivity index (χ4v) is 1.66. The lowest BCUT2D eigenvalue weighted by atomic mass is 10.1. The lowest BCUT2D eigenvalue weighted by molar-refractivity contribution is -0.137. The molecule has 1 rings (SSSR count). The maximum Gasteiger partial charge on any atom is 0.330 e. The monoisotopic (exact) mass is 264 g/mol. The summed E-state index contributed by atoms with van der Waals surface area (Å²) >= 11 is 0. The zero-order chi connectivity index (χ0) is 14.1. The number of rotatable bonds is 7. The number of benzene rings is 1. The van der Waals surface area contributed by atoms with Gasteiger partial charge in [-0.05, 0) is 37.5 Å². The maximum absolute atomic E-state index is 11.1. The molecule has 1 aromatic rings. The molecule has 0 aliphatic carbocycles. The molecule has 4 heteroatoms. The molecule has 1 aromatic carbocycles. The largest absolute Gasteiger partial charge is 0.493 e. The SMILES string of the molecule is CCOC(=O)C=CCCc1ccc(OC)c(OC)c1. The molecule has 0 aromatic heterocycles. The van der Waals surface area contributed by atoms with Gasteiger partial charge in [-0.1, -0.05) is 12.1 Å². The Kier molecular flexibility index (Phi) is 6.50. The second-order valence-electron chi connectivity index (χ2n) is 3.88. The summed E-state index contributed by atoms with van der Waals surface area (Å²) in [5.74, 6) is 1.14. The second-order valence-corrected chi connectivity index (χ2v) is 3.88. The van der Waals surface area contributed by atoms with Gasteiger partial charge in [0.25, 0.3) is 0 Å². The number of carbonyl (C=O) groups is 1. The summed E-state index contributed by atoms with van der Waals surface area (Å²) in [5, 5.41) is 0. The van der Waals surface area contributed by atoms with Crippen LogP contribution in [0.1, 0.15) is 18.9 Å². The van der Waals surface area contributed by atoms with Crippen LogP contribution in [-0.2, 0) is 16.0 Å². The number of carbonyl (C=O) groups excluding carboxylic acids is 1. The lowest BCUT2D eigenvalue weighted by Crippen LogP contribution is -1.98. The van der Waals surface area contributed by atoms with Gasteiger partial charge in [0.05, 0.1) is 20.8 Å². The number of hydrogen-bond acceptors (Lipinski definition) is 4. The van der Waals surface area contributed by atoms with Gasteiger partial charge in [0, 0.05) is 6.08 Å². The van der Waals surface area contributed by atoms with Crippen molar-refractivity contribution in [1.29, 1.82) is 0 Å². The fraction of sp³-hybridized carbons (Fsp3) is 0.400. The van der Waals surface area contributed by atoms with E-state index in [1.165, 1.54) is 6.08 Å². The first-order chi connectivity index (χ1) is 9.21. The van der Waals surface area contributed by atoms with Crippen LogP contribution in [0.5, 0.6) is 11.5 Å². The quantitative estimate of drug-likeness (QED) is 0.561. The Morgan fingerprint density at radius 1 is 1.21 bits per heavy atom. The normalized spacial score (nSPS) is 10.5. The predicted octanol–water partition coefficient (Wildman–Crippen LogP) is 2.76. The Labute approximate surface area is 114 Å². The Hall–Kier alpha value is -1.97. The molecule has 0 spiro atoms. The van der Waals surface area contributed by atoms with E-state index in [4.69, 9.17) is 14.2 Å². The number of ether oxygens (including phenoxy) is 3. The van der Waals surface area contributed by atoms with Crippen LogP contribution in [0, 0.1) is 0 Å². The van der Waals surface area contributed by atoms with Crippen molar-refractivity contribution < 1.29 is 19.0 Å². The zero-order valence-electron chi connectivity index (χ0n) is 11.6. The van der Waals surface area contributed by atoms with Crippen LogP contribution in [0.15, 0.2) is 30.4 Å². The predicted molar refractivity (Wildman–Crippen MR) is 73.6 cm³/mol. The molecule has 0 atom stereocenters. The molecule has 19 heavy (non-hydrogen) atoms. The van der Waals surface area contributed by atoms with E-state index >= 15 is 0 Å². The third-order valence-corrected chi connectivity index (χ3v) is 2.59. The van der Waals surface area contributed by atoms with Crippen molar-refractivity contribution in [2.45, 2.75) is 19.8 Å². The van der Waals surface area contributed by atoms with Crippen molar-refractivity contribution in [2.24, 2.45) is 0 Å². The molecule has 0 aliphatic rings. The summed E-state index contributed by atoms with van der Waals surface area (Å²) in [6, 6.07) is 5.81. The van der Waals surface area contributed by atoms with Gasteiger partial charge in [0.1, 0.15) is 0 Å². The third-order valence-electron chi connectivity index (χ3n) is 2.59. The minimum absolute atomic E-state index is 0.296. The minimum atomic E-state index is -0.296. The summed E-state index contributed by atoms with van der Waals surface area (Å²) in [6.45, 7) is 2.19. The molecule has 0 radical (unpaired) electrons. The topological polar surface area (TPSA) is 44.8 Å². The fourth-order valence-electron chi connectivity index (χ4n) is 1.66. The van der Waals surface area contributed by atoms with E-state index < -0.39 is 0 Å². The van der Waals surface area contributed by atoms with E-state index in [0.717, 1.165) is 24.2 Å². The van der Waals surface area contributed by atoms with E-state index in [1.807, 2.05) is 24.3 Å². The smallest absolute Gasteiger partial charge is 0.330 e. The molecule has 0 N–H and O–H groups in total. The van der Waals surface area contributed by atoms with Crippen LogP contribution in [0.3, 0.4) is 0 Å². The van der Waals surface area contributed by atoms with Gasteiger partial charge in [-0.15, -0.1) is 0 Å². The number of allylic oxidation sites excluding steroid dienone is 1. The van der Waals surface area contributed by atoms with Gasteiger partial charge in [0.2, 0.25) is 0 Å². The molecule has 0 amide bonds. The van der Waals surface area contributed by atoms with Gasteiger partial charge >= 0.3 is 5.97 Å². The summed E-state index contributed by atoms with van der Waals surface area (Å²) in [7, 11) is 3.22. The molecule has 0 unspecified atom stereocenters. The molecule has 0 aliphatic heterocycles. The Balaban J connectivity index is 2.52. The third kappa shape index (κ3) is 5.04. The Morgan fingerprint density at radius 3 is 2.58 bits per heavy atom. The van der Waals surface area contributed by atoms with Gasteiger partial charge in [-0.25, -0.2) is 4.79 Å². The molecule has 104 valence electrons. The van der Waals surface area contributed by atoms with Crippen molar-refractivity contribution in [3.8, 4) is 11.5 Å². The lowest BCUT2D eigenvalue weighted by Gasteiger charge is -2.08. The summed E-state index contributed by atoms with van der Waals surface area (Å²) in [4.78, 5) is 11.1. The summed E-state index contributed by atoms with van der Waals surface area (Å²) < 4.78 is 15.2. The number of esters is 1. The summed E-state index contributed by atoms with van der Waals surface area (Å²) in [5.41, 5.74) is 1.13. The van der Waals surface area contributed by atoms with E-state index in [1.54, 1.807) is 21.1 Å². The minimum Gasteiger partial charge on any atom is -0.493 e. The second kappa shape index (κ2) is 8.19. The highest BCUT2D eigenvalue weighted by Gasteiger charge is 2.03. The Morgan fingerprint density at radius 2 is 1.95 bits per heavy atom. The van der Waals surface area contributed by atoms with Crippen LogP contribution < -0.4 is 9.47 Å². The molecule has 4 nitrogen and oxygen atoms in total. The number of methoxy groups -OCH3 is 2.